The first-order valence-electron chi connectivity index (χ1n) is 7.26. The summed E-state index contributed by atoms with van der Waals surface area (Å²) >= 11 is 0. The fourth-order valence-corrected chi connectivity index (χ4v) is 2.34. The van der Waals surface area contributed by atoms with Crippen molar-refractivity contribution in [3.8, 4) is 0 Å². The van der Waals surface area contributed by atoms with Gasteiger partial charge in [-0.25, -0.2) is 4.79 Å². The third kappa shape index (κ3) is 3.95. The number of rotatable bonds is 6. The normalized spacial score (nSPS) is 11.7. The summed E-state index contributed by atoms with van der Waals surface area (Å²) in [6, 6.07) is 16.2. The van der Waals surface area contributed by atoms with Crippen LogP contribution < -0.4 is 5.32 Å². The number of amides is 1. The average molecular weight is 297 g/mol. The van der Waals surface area contributed by atoms with Crippen molar-refractivity contribution < 1.29 is 14.7 Å². The van der Waals surface area contributed by atoms with Gasteiger partial charge in [0.25, 0.3) is 0 Å². The van der Waals surface area contributed by atoms with Crippen LogP contribution in [0.3, 0.4) is 0 Å². The lowest BCUT2D eigenvalue weighted by Gasteiger charge is -2.15. The Morgan fingerprint density at radius 2 is 1.68 bits per heavy atom. The highest BCUT2D eigenvalue weighted by Gasteiger charge is 2.17. The third-order valence-corrected chi connectivity index (χ3v) is 3.59. The van der Waals surface area contributed by atoms with E-state index >= 15 is 0 Å². The minimum Gasteiger partial charge on any atom is -0.478 e. The van der Waals surface area contributed by atoms with Crippen LogP contribution in [0.1, 0.15) is 40.7 Å². The summed E-state index contributed by atoms with van der Waals surface area (Å²) in [6.07, 6.45) is 0.730. The van der Waals surface area contributed by atoms with Gasteiger partial charge in [0.05, 0.1) is 11.5 Å². The molecule has 0 aliphatic heterocycles. The summed E-state index contributed by atoms with van der Waals surface area (Å²) in [5, 5.41) is 11.8. The summed E-state index contributed by atoms with van der Waals surface area (Å²) in [4.78, 5) is 23.1. The van der Waals surface area contributed by atoms with Crippen molar-refractivity contribution in [2.75, 3.05) is 0 Å². The summed E-state index contributed by atoms with van der Waals surface area (Å²) in [7, 11) is 0. The van der Waals surface area contributed by atoms with Gasteiger partial charge >= 0.3 is 5.97 Å². The lowest BCUT2D eigenvalue weighted by atomic mass is 9.95. The Hall–Kier alpha value is -2.62. The molecule has 0 aliphatic carbocycles. The molecule has 0 saturated heterocycles. The average Bonchev–Trinajstić information content (AvgIpc) is 2.55. The van der Waals surface area contributed by atoms with Gasteiger partial charge in [0.15, 0.2) is 0 Å². The Labute approximate surface area is 129 Å². The van der Waals surface area contributed by atoms with Crippen LogP contribution in [-0.2, 0) is 11.3 Å². The Morgan fingerprint density at radius 1 is 1.05 bits per heavy atom. The second-order valence-electron chi connectivity index (χ2n) is 5.09. The number of hydrogen-bond donors (Lipinski definition) is 2. The first kappa shape index (κ1) is 15.8. The molecule has 2 aromatic carbocycles. The monoisotopic (exact) mass is 297 g/mol. The van der Waals surface area contributed by atoms with E-state index in [4.69, 9.17) is 5.11 Å². The van der Waals surface area contributed by atoms with E-state index < -0.39 is 5.97 Å². The lowest BCUT2D eigenvalue weighted by molar-refractivity contribution is -0.122. The van der Waals surface area contributed by atoms with Crippen molar-refractivity contribution in [3.05, 3.63) is 71.3 Å². The molecule has 2 N–H and O–H groups in total. The molecule has 0 bridgehead atoms. The lowest BCUT2D eigenvalue weighted by Crippen LogP contribution is -2.28. The summed E-state index contributed by atoms with van der Waals surface area (Å²) in [5.41, 5.74) is 2.12. The molecule has 4 heteroatoms. The van der Waals surface area contributed by atoms with E-state index in [-0.39, 0.29) is 17.4 Å². The van der Waals surface area contributed by atoms with E-state index in [9.17, 15) is 9.59 Å². The molecule has 0 spiro atoms. The van der Waals surface area contributed by atoms with Crippen LogP contribution >= 0.6 is 0 Å². The van der Waals surface area contributed by atoms with Gasteiger partial charge in [-0.15, -0.1) is 0 Å². The van der Waals surface area contributed by atoms with E-state index in [1.807, 2.05) is 37.3 Å². The zero-order valence-corrected chi connectivity index (χ0v) is 12.5. The molecule has 22 heavy (non-hydrogen) atoms. The van der Waals surface area contributed by atoms with Crippen molar-refractivity contribution in [2.24, 2.45) is 0 Å². The van der Waals surface area contributed by atoms with Crippen molar-refractivity contribution in [2.45, 2.75) is 25.8 Å². The second-order valence-corrected chi connectivity index (χ2v) is 5.09. The molecule has 2 rings (SSSR count). The molecule has 1 amide bonds. The molecule has 0 radical (unpaired) electrons. The molecule has 0 aromatic heterocycles. The maximum absolute atomic E-state index is 12.3. The number of hydrogen-bond acceptors (Lipinski definition) is 2. The molecule has 1 atom stereocenters. The molecule has 2 aromatic rings. The fourth-order valence-electron chi connectivity index (χ4n) is 2.34. The quantitative estimate of drug-likeness (QED) is 0.860. The highest BCUT2D eigenvalue weighted by molar-refractivity contribution is 5.87. The van der Waals surface area contributed by atoms with Gasteiger partial charge in [-0.2, -0.15) is 0 Å². The molecule has 0 aliphatic rings. The SMILES string of the molecule is CCC(C(=O)NCc1ccc(C(=O)O)cc1)c1ccccc1. The third-order valence-electron chi connectivity index (χ3n) is 3.59. The van der Waals surface area contributed by atoms with E-state index in [2.05, 4.69) is 5.32 Å². The molecule has 0 fully saturated rings. The van der Waals surface area contributed by atoms with Crippen molar-refractivity contribution in [1.29, 1.82) is 0 Å². The van der Waals surface area contributed by atoms with E-state index in [1.54, 1.807) is 24.3 Å². The number of carboxylic acids is 1. The minimum absolute atomic E-state index is 0.0176. The van der Waals surface area contributed by atoms with Gasteiger partial charge in [0.2, 0.25) is 5.91 Å². The highest BCUT2D eigenvalue weighted by Crippen LogP contribution is 2.19. The molecule has 1 unspecified atom stereocenters. The van der Waals surface area contributed by atoms with Crippen LogP contribution in [0.15, 0.2) is 54.6 Å². The van der Waals surface area contributed by atoms with E-state index in [1.165, 1.54) is 0 Å². The fraction of sp³-hybridized carbons (Fsp3) is 0.222. The van der Waals surface area contributed by atoms with Gasteiger partial charge in [-0.3, -0.25) is 4.79 Å². The molecule has 0 heterocycles. The van der Waals surface area contributed by atoms with Crippen molar-refractivity contribution >= 4 is 11.9 Å². The van der Waals surface area contributed by atoms with Gasteiger partial charge in [-0.1, -0.05) is 49.4 Å². The summed E-state index contributed by atoms with van der Waals surface area (Å²) < 4.78 is 0. The molecule has 114 valence electrons. The number of nitrogens with one attached hydrogen (secondary N) is 1. The van der Waals surface area contributed by atoms with Crippen molar-refractivity contribution in [3.63, 3.8) is 0 Å². The Kier molecular flexibility index (Phi) is 5.31. The first-order valence-corrected chi connectivity index (χ1v) is 7.26. The summed E-state index contributed by atoms with van der Waals surface area (Å²) in [6.45, 7) is 2.38. The van der Waals surface area contributed by atoms with Crippen LogP contribution in [0.4, 0.5) is 0 Å². The minimum atomic E-state index is -0.953. The van der Waals surface area contributed by atoms with Crippen LogP contribution in [-0.4, -0.2) is 17.0 Å². The van der Waals surface area contributed by atoms with Crippen molar-refractivity contribution in [1.82, 2.24) is 5.32 Å². The highest BCUT2D eigenvalue weighted by atomic mass is 16.4. The molecule has 4 nitrogen and oxygen atoms in total. The zero-order valence-electron chi connectivity index (χ0n) is 12.5. The number of aromatic carboxylic acids is 1. The molecule has 0 saturated carbocycles. The van der Waals surface area contributed by atoms with Crippen LogP contribution in [0, 0.1) is 0 Å². The van der Waals surface area contributed by atoms with Gasteiger partial charge < -0.3 is 10.4 Å². The van der Waals surface area contributed by atoms with Gasteiger partial charge in [-0.05, 0) is 29.7 Å². The Morgan fingerprint density at radius 3 is 2.23 bits per heavy atom. The van der Waals surface area contributed by atoms with Gasteiger partial charge in [0.1, 0.15) is 0 Å². The smallest absolute Gasteiger partial charge is 0.335 e. The zero-order chi connectivity index (χ0) is 15.9. The largest absolute Gasteiger partial charge is 0.478 e. The number of carbonyl (C=O) groups is 2. The molecular weight excluding hydrogens is 278 g/mol. The van der Waals surface area contributed by atoms with Crippen LogP contribution in [0.25, 0.3) is 0 Å². The number of benzene rings is 2. The van der Waals surface area contributed by atoms with E-state index in [0.717, 1.165) is 17.5 Å². The standard InChI is InChI=1S/C18H19NO3/c1-2-16(14-6-4-3-5-7-14)17(20)19-12-13-8-10-15(11-9-13)18(21)22/h3-11,16H,2,12H2,1H3,(H,19,20)(H,21,22). The Bertz CT molecular complexity index is 635. The second kappa shape index (κ2) is 7.41. The first-order chi connectivity index (χ1) is 10.6. The Balaban J connectivity index is 1.98. The van der Waals surface area contributed by atoms with Gasteiger partial charge in [0, 0.05) is 6.54 Å². The van der Waals surface area contributed by atoms with E-state index in [0.29, 0.717) is 6.54 Å². The number of carbonyl (C=O) groups excluding carboxylic acids is 1. The van der Waals surface area contributed by atoms with Crippen LogP contribution in [0.2, 0.25) is 0 Å². The topological polar surface area (TPSA) is 66.4 Å². The maximum atomic E-state index is 12.3. The molecular formula is C18H19NO3. The predicted molar refractivity (Wildman–Crippen MR) is 84.7 cm³/mol. The maximum Gasteiger partial charge on any atom is 0.335 e. The van der Waals surface area contributed by atoms with Crippen LogP contribution in [0.5, 0.6) is 0 Å². The summed E-state index contributed by atoms with van der Waals surface area (Å²) in [5.74, 6) is -1.14. The number of carboxylic acid groups (broad SMARTS) is 1. The predicted octanol–water partition coefficient (Wildman–Crippen LogP) is 3.19.